The van der Waals surface area contributed by atoms with Gasteiger partial charge in [0.05, 0.1) is 18.6 Å². The van der Waals surface area contributed by atoms with Crippen molar-refractivity contribution in [2.75, 3.05) is 26.2 Å². The van der Waals surface area contributed by atoms with Crippen LogP contribution in [0, 0.1) is 5.92 Å². The summed E-state index contributed by atoms with van der Waals surface area (Å²) in [4.78, 5) is 56.6. The molecule has 2 aliphatic heterocycles. The van der Waals surface area contributed by atoms with Crippen LogP contribution in [0.25, 0.3) is 10.9 Å². The number of para-hydroxylation sites is 1. The van der Waals surface area contributed by atoms with Crippen molar-refractivity contribution >= 4 is 34.5 Å². The molecule has 1 saturated carbocycles. The lowest BCUT2D eigenvalue weighted by Crippen LogP contribution is -2.73. The minimum absolute atomic E-state index is 0. The highest BCUT2D eigenvalue weighted by molar-refractivity contribution is 6.10. The second kappa shape index (κ2) is 16.9. The molecule has 3 heterocycles. The molecule has 1 aliphatic carbocycles. The molecule has 3 fully saturated rings. The van der Waals surface area contributed by atoms with E-state index in [1.54, 1.807) is 27.1 Å². The Labute approximate surface area is 286 Å². The Morgan fingerprint density at radius 2 is 1.62 bits per heavy atom. The Bertz CT molecular complexity index is 1620. The van der Waals surface area contributed by atoms with Crippen LogP contribution in [0.5, 0.6) is 0 Å². The third kappa shape index (κ3) is 8.05. The fourth-order valence-electron chi connectivity index (χ4n) is 6.11. The van der Waals surface area contributed by atoms with E-state index in [9.17, 15) is 19.2 Å². The van der Waals surface area contributed by atoms with E-state index >= 15 is 0 Å². The molecule has 258 valence electrons. The maximum Gasteiger partial charge on any atom is 0.334 e. The van der Waals surface area contributed by atoms with Gasteiger partial charge in [-0.3, -0.25) is 14.4 Å². The Balaban J connectivity index is 0.00000103. The molecule has 0 unspecified atom stereocenters. The molecular formula is C38H52N6O4. The average molecular weight is 657 g/mol. The van der Waals surface area contributed by atoms with Gasteiger partial charge in [0, 0.05) is 50.7 Å². The van der Waals surface area contributed by atoms with Crippen LogP contribution in [0.15, 0.2) is 80.0 Å². The topological polar surface area (TPSA) is 98.2 Å². The van der Waals surface area contributed by atoms with Crippen molar-refractivity contribution in [2.45, 2.75) is 72.8 Å². The van der Waals surface area contributed by atoms with Gasteiger partial charge in [-0.25, -0.2) is 14.8 Å². The number of piperazine rings is 1. The van der Waals surface area contributed by atoms with Crippen molar-refractivity contribution in [1.29, 1.82) is 0 Å². The highest BCUT2D eigenvalue weighted by atomic mass is 16.2. The van der Waals surface area contributed by atoms with E-state index in [0.717, 1.165) is 34.9 Å². The van der Waals surface area contributed by atoms with E-state index in [1.807, 2.05) is 73.1 Å². The van der Waals surface area contributed by atoms with Crippen molar-refractivity contribution < 1.29 is 20.6 Å². The minimum atomic E-state index is -0.680. The predicted molar refractivity (Wildman–Crippen MR) is 192 cm³/mol. The number of hydrogen-bond acceptors (Lipinski definition) is 5. The first-order valence-corrected chi connectivity index (χ1v) is 17.1. The molecular weight excluding hydrogens is 604 g/mol. The molecule has 0 radical (unpaired) electrons. The zero-order valence-electron chi connectivity index (χ0n) is 28.9. The van der Waals surface area contributed by atoms with Crippen molar-refractivity contribution in [3.05, 3.63) is 96.7 Å². The molecule has 0 bridgehead atoms. The number of Topliss-reactive ketones (excluding diaryl/α,β-unsaturated/α-hetero) is 1. The summed E-state index contributed by atoms with van der Waals surface area (Å²) in [5, 5.41) is 7.08. The highest BCUT2D eigenvalue weighted by Crippen LogP contribution is 2.36. The molecule has 0 spiro atoms. The Morgan fingerprint density at radius 1 is 0.938 bits per heavy atom. The number of hydrazine groups is 1. The summed E-state index contributed by atoms with van der Waals surface area (Å²) in [7, 11) is 0. The van der Waals surface area contributed by atoms with Crippen molar-refractivity contribution in [3.63, 3.8) is 0 Å². The molecule has 2 aromatic carbocycles. The normalized spacial score (nSPS) is 17.5. The first-order chi connectivity index (χ1) is 23.3. The summed E-state index contributed by atoms with van der Waals surface area (Å²) < 4.78 is 2.02. The number of nitrogens with zero attached hydrogens (tertiary/aromatic N) is 5. The molecule has 1 N–H and O–H groups in total. The van der Waals surface area contributed by atoms with Gasteiger partial charge in [0.1, 0.15) is 12.7 Å². The number of rotatable bonds is 10. The molecule has 1 atom stereocenters. The molecule has 2 saturated heterocycles. The van der Waals surface area contributed by atoms with Gasteiger partial charge >= 0.3 is 6.03 Å². The van der Waals surface area contributed by atoms with E-state index in [-0.39, 0.29) is 57.2 Å². The summed E-state index contributed by atoms with van der Waals surface area (Å²) in [6.45, 7) is 17.4. The number of ketones is 1. The SMILES string of the molecule is C=CCN1CC(=O)N2CC(=O)N(Cc3cccc4c(C(=O)C5CC5)cn(CC=C)c34)C[C@@H]2N1C(=O)NCc1ccccc1.CC.CCC.[HH]. The smallest absolute Gasteiger partial charge is 0.334 e. The number of carbonyl (C=O) groups excluding carboxylic acids is 4. The first kappa shape index (κ1) is 36.1. The molecule has 3 aromatic rings. The van der Waals surface area contributed by atoms with E-state index < -0.39 is 6.17 Å². The third-order valence-corrected chi connectivity index (χ3v) is 8.34. The van der Waals surface area contributed by atoms with Gasteiger partial charge in [0.15, 0.2) is 5.78 Å². The molecule has 6 rings (SSSR count). The lowest BCUT2D eigenvalue weighted by atomic mass is 10.0. The standard InChI is InChI=1S/C33H36N6O4.C3H8.C2H6.H2/c1-3-15-35-19-27(32(42)24-13-14-24)26-12-8-11-25(31(26)35)18-36-20-28-38(22-29(36)40)30(41)21-37(16-4-2)39(28)33(43)34-17-23-9-6-5-7-10-23;1-3-2;1-2;/h3-12,19,24,28H,1-2,13-18,20-22H2,(H,34,43);3H2,1-2H3;1-2H3;1H/t28-;;;/m0.../s1. The summed E-state index contributed by atoms with van der Waals surface area (Å²) in [5.74, 6) is -0.158. The van der Waals surface area contributed by atoms with Gasteiger partial charge in [-0.2, -0.15) is 0 Å². The summed E-state index contributed by atoms with van der Waals surface area (Å²) in [6, 6.07) is 15.1. The van der Waals surface area contributed by atoms with Gasteiger partial charge in [-0.05, 0) is 24.0 Å². The lowest BCUT2D eigenvalue weighted by Gasteiger charge is -2.52. The van der Waals surface area contributed by atoms with Gasteiger partial charge in [-0.15, -0.1) is 13.2 Å². The second-order valence-corrected chi connectivity index (χ2v) is 12.0. The zero-order chi connectivity index (χ0) is 34.8. The average Bonchev–Trinajstić information content (AvgIpc) is 3.88. The van der Waals surface area contributed by atoms with Crippen LogP contribution >= 0.6 is 0 Å². The Kier molecular flexibility index (Phi) is 12.7. The van der Waals surface area contributed by atoms with E-state index in [2.05, 4.69) is 32.3 Å². The number of carbonyl (C=O) groups is 4. The van der Waals surface area contributed by atoms with Gasteiger partial charge in [0.25, 0.3) is 0 Å². The van der Waals surface area contributed by atoms with Gasteiger partial charge in [-0.1, -0.05) is 94.8 Å². The van der Waals surface area contributed by atoms with Gasteiger partial charge in [0.2, 0.25) is 11.8 Å². The second-order valence-electron chi connectivity index (χ2n) is 12.0. The van der Waals surface area contributed by atoms with Crippen LogP contribution in [0.2, 0.25) is 0 Å². The van der Waals surface area contributed by atoms with Crippen molar-refractivity contribution in [3.8, 4) is 0 Å². The molecule has 48 heavy (non-hydrogen) atoms. The fourth-order valence-corrected chi connectivity index (χ4v) is 6.11. The van der Waals surface area contributed by atoms with Crippen LogP contribution in [0.1, 0.15) is 69.9 Å². The van der Waals surface area contributed by atoms with E-state index in [0.29, 0.717) is 25.2 Å². The van der Waals surface area contributed by atoms with Crippen LogP contribution in [0.3, 0.4) is 0 Å². The largest absolute Gasteiger partial charge is 0.343 e. The number of amides is 4. The number of urea groups is 1. The van der Waals surface area contributed by atoms with E-state index in [1.165, 1.54) is 11.3 Å². The predicted octanol–water partition coefficient (Wildman–Crippen LogP) is 6.23. The minimum Gasteiger partial charge on any atom is -0.343 e. The van der Waals surface area contributed by atoms with Crippen LogP contribution in [-0.2, 0) is 29.2 Å². The van der Waals surface area contributed by atoms with Crippen LogP contribution in [0.4, 0.5) is 4.79 Å². The summed E-state index contributed by atoms with van der Waals surface area (Å²) >= 11 is 0. The monoisotopic (exact) mass is 656 g/mol. The molecule has 10 nitrogen and oxygen atoms in total. The molecule has 1 aromatic heterocycles. The number of nitrogens with one attached hydrogen (secondary N) is 1. The maximum atomic E-state index is 13.6. The van der Waals surface area contributed by atoms with Gasteiger partial charge < -0.3 is 19.7 Å². The number of aromatic nitrogens is 1. The zero-order valence-corrected chi connectivity index (χ0v) is 28.9. The Morgan fingerprint density at radius 3 is 2.27 bits per heavy atom. The molecule has 10 heteroatoms. The lowest BCUT2D eigenvalue weighted by molar-refractivity contribution is -0.180. The highest BCUT2D eigenvalue weighted by Gasteiger charge is 2.46. The molecule has 4 amide bonds. The maximum absolute atomic E-state index is 13.6. The third-order valence-electron chi connectivity index (χ3n) is 8.34. The van der Waals surface area contributed by atoms with E-state index in [4.69, 9.17) is 0 Å². The fraction of sp³-hybridized carbons (Fsp3) is 0.421. The number of hydrogen-bond donors (Lipinski definition) is 1. The number of benzene rings is 2. The van der Waals surface area contributed by atoms with Crippen LogP contribution in [-0.4, -0.2) is 80.4 Å². The van der Waals surface area contributed by atoms with Crippen molar-refractivity contribution in [2.24, 2.45) is 5.92 Å². The number of allylic oxidation sites excluding steroid dienone is 1. The number of fused-ring (bicyclic) bond motifs is 2. The van der Waals surface area contributed by atoms with Crippen LogP contribution < -0.4 is 5.32 Å². The quantitative estimate of drug-likeness (QED) is 0.206. The summed E-state index contributed by atoms with van der Waals surface area (Å²) in [6.07, 6.45) is 7.76. The van der Waals surface area contributed by atoms with Crippen molar-refractivity contribution in [1.82, 2.24) is 29.7 Å². The molecule has 3 aliphatic rings. The first-order valence-electron chi connectivity index (χ1n) is 17.1. The Hall–Kier alpha value is -4.70. The summed E-state index contributed by atoms with van der Waals surface area (Å²) in [5.41, 5.74) is 3.44.